The molecule has 2 heterocycles. The summed E-state index contributed by atoms with van der Waals surface area (Å²) in [4.78, 5) is 5.09. The molecule has 0 amide bonds. The van der Waals surface area contributed by atoms with Crippen LogP contribution in [0.1, 0.15) is 43.5 Å². The molecule has 0 aliphatic heterocycles. The molecular weight excluding hydrogens is 258 g/mol. The van der Waals surface area contributed by atoms with Crippen molar-refractivity contribution in [3.63, 3.8) is 0 Å². The molecule has 98 valence electrons. The molecule has 2 fully saturated rings. The minimum Gasteiger partial charge on any atom is -0.384 e. The lowest BCUT2D eigenvalue weighted by Gasteiger charge is -2.07. The van der Waals surface area contributed by atoms with E-state index < -0.39 is 0 Å². The summed E-state index contributed by atoms with van der Waals surface area (Å²) in [7, 11) is 0. The Morgan fingerprint density at radius 2 is 2.05 bits per heavy atom. The van der Waals surface area contributed by atoms with Gasteiger partial charge in [-0.1, -0.05) is 0 Å². The number of pyridine rings is 1. The van der Waals surface area contributed by atoms with E-state index in [2.05, 4.69) is 19.7 Å². The fourth-order valence-corrected chi connectivity index (χ4v) is 3.19. The van der Waals surface area contributed by atoms with Gasteiger partial charge in [0.25, 0.3) is 0 Å². The maximum Gasteiger partial charge on any atom is 0.196 e. The van der Waals surface area contributed by atoms with Crippen molar-refractivity contribution in [1.82, 2.24) is 19.7 Å². The molecule has 2 saturated carbocycles. The molecular formula is C13H15N5S. The normalized spacial score (nSPS) is 18.7. The first-order valence-electron chi connectivity index (χ1n) is 6.65. The van der Waals surface area contributed by atoms with E-state index >= 15 is 0 Å². The van der Waals surface area contributed by atoms with Gasteiger partial charge in [0, 0.05) is 23.1 Å². The van der Waals surface area contributed by atoms with Crippen molar-refractivity contribution in [1.29, 1.82) is 0 Å². The standard InChI is InChI=1S/C13H15N5S/c14-11-7-10(5-6-15-11)19-13-17-16-12(8-1-2-8)18(13)9-3-4-9/h5-9H,1-4H2,(H2,14,15). The second-order valence-corrected chi connectivity index (χ2v) is 6.28. The number of aromatic nitrogens is 4. The first-order valence-corrected chi connectivity index (χ1v) is 7.47. The Labute approximate surface area is 115 Å². The van der Waals surface area contributed by atoms with Crippen molar-refractivity contribution in [2.24, 2.45) is 0 Å². The summed E-state index contributed by atoms with van der Waals surface area (Å²) in [6.45, 7) is 0. The second-order valence-electron chi connectivity index (χ2n) is 5.23. The first kappa shape index (κ1) is 11.3. The van der Waals surface area contributed by atoms with E-state index in [1.807, 2.05) is 12.1 Å². The predicted octanol–water partition coefficient (Wildman–Crippen LogP) is 2.62. The number of hydrogen-bond donors (Lipinski definition) is 1. The van der Waals surface area contributed by atoms with Crippen LogP contribution < -0.4 is 5.73 Å². The van der Waals surface area contributed by atoms with Crippen LogP contribution in [0, 0.1) is 0 Å². The largest absolute Gasteiger partial charge is 0.384 e. The number of nitrogens with two attached hydrogens (primary N) is 1. The third kappa shape index (κ3) is 2.20. The minimum absolute atomic E-state index is 0.546. The highest BCUT2D eigenvalue weighted by atomic mass is 32.2. The molecule has 0 spiro atoms. The van der Waals surface area contributed by atoms with Crippen LogP contribution in [0.3, 0.4) is 0 Å². The van der Waals surface area contributed by atoms with Gasteiger partial charge in [-0.05, 0) is 49.6 Å². The second kappa shape index (κ2) is 4.23. The van der Waals surface area contributed by atoms with Gasteiger partial charge in [0.05, 0.1) is 0 Å². The lowest BCUT2D eigenvalue weighted by Crippen LogP contribution is -2.01. The molecule has 2 N–H and O–H groups in total. The molecule has 2 aliphatic carbocycles. The maximum atomic E-state index is 5.72. The van der Waals surface area contributed by atoms with Gasteiger partial charge >= 0.3 is 0 Å². The molecule has 19 heavy (non-hydrogen) atoms. The van der Waals surface area contributed by atoms with Crippen molar-refractivity contribution < 1.29 is 0 Å². The Kier molecular flexibility index (Phi) is 2.51. The van der Waals surface area contributed by atoms with E-state index in [1.54, 1.807) is 18.0 Å². The van der Waals surface area contributed by atoms with E-state index in [0.717, 1.165) is 10.1 Å². The third-order valence-corrected chi connectivity index (χ3v) is 4.46. The fourth-order valence-electron chi connectivity index (χ4n) is 2.25. The Morgan fingerprint density at radius 3 is 2.74 bits per heavy atom. The lowest BCUT2D eigenvalue weighted by molar-refractivity contribution is 0.627. The molecule has 0 bridgehead atoms. The summed E-state index contributed by atoms with van der Waals surface area (Å²) in [5.41, 5.74) is 5.72. The maximum absolute atomic E-state index is 5.72. The highest BCUT2D eigenvalue weighted by Gasteiger charge is 2.36. The van der Waals surface area contributed by atoms with E-state index in [0.29, 0.717) is 17.8 Å². The summed E-state index contributed by atoms with van der Waals surface area (Å²) < 4.78 is 2.35. The minimum atomic E-state index is 0.546. The number of anilines is 1. The number of hydrogen-bond acceptors (Lipinski definition) is 5. The molecule has 0 unspecified atom stereocenters. The third-order valence-electron chi connectivity index (χ3n) is 3.51. The molecule has 0 radical (unpaired) electrons. The number of nitrogen functional groups attached to an aromatic ring is 1. The van der Waals surface area contributed by atoms with Crippen molar-refractivity contribution in [3.05, 3.63) is 24.2 Å². The van der Waals surface area contributed by atoms with Crippen molar-refractivity contribution in [2.75, 3.05) is 5.73 Å². The highest BCUT2D eigenvalue weighted by molar-refractivity contribution is 7.99. The van der Waals surface area contributed by atoms with Gasteiger partial charge in [0.2, 0.25) is 0 Å². The van der Waals surface area contributed by atoms with Gasteiger partial charge in [-0.2, -0.15) is 0 Å². The summed E-state index contributed by atoms with van der Waals surface area (Å²) in [5.74, 6) is 2.38. The lowest BCUT2D eigenvalue weighted by atomic mass is 10.4. The Bertz CT molecular complexity index is 615. The van der Waals surface area contributed by atoms with Crippen molar-refractivity contribution >= 4 is 17.6 Å². The van der Waals surface area contributed by atoms with Crippen LogP contribution in [0.5, 0.6) is 0 Å². The molecule has 2 aliphatic rings. The van der Waals surface area contributed by atoms with Gasteiger partial charge in [-0.25, -0.2) is 4.98 Å². The van der Waals surface area contributed by atoms with Crippen LogP contribution in [0.2, 0.25) is 0 Å². The highest BCUT2D eigenvalue weighted by Crippen LogP contribution is 2.46. The zero-order chi connectivity index (χ0) is 12.8. The number of nitrogens with zero attached hydrogens (tertiary/aromatic N) is 4. The molecule has 0 saturated heterocycles. The van der Waals surface area contributed by atoms with Crippen LogP contribution >= 0.6 is 11.8 Å². The Hall–Kier alpha value is -1.56. The SMILES string of the molecule is Nc1cc(Sc2nnc(C3CC3)n2C2CC2)ccn1. The van der Waals surface area contributed by atoms with Gasteiger partial charge in [0.1, 0.15) is 11.6 Å². The molecule has 6 heteroatoms. The van der Waals surface area contributed by atoms with E-state index in [1.165, 1.54) is 31.5 Å². The van der Waals surface area contributed by atoms with E-state index in [-0.39, 0.29) is 0 Å². The molecule has 2 aromatic rings. The smallest absolute Gasteiger partial charge is 0.196 e. The summed E-state index contributed by atoms with van der Waals surface area (Å²) in [5, 5.41) is 9.78. The molecule has 5 nitrogen and oxygen atoms in total. The van der Waals surface area contributed by atoms with Crippen LogP contribution in [-0.2, 0) is 0 Å². The topological polar surface area (TPSA) is 69.6 Å². The average molecular weight is 273 g/mol. The zero-order valence-corrected chi connectivity index (χ0v) is 11.3. The van der Waals surface area contributed by atoms with E-state index in [4.69, 9.17) is 5.73 Å². The fraction of sp³-hybridized carbons (Fsp3) is 0.462. The van der Waals surface area contributed by atoms with Gasteiger partial charge in [-0.3, -0.25) is 0 Å². The quantitative estimate of drug-likeness (QED) is 0.927. The number of rotatable bonds is 4. The summed E-state index contributed by atoms with van der Waals surface area (Å²) in [6.07, 6.45) is 6.76. The molecule has 0 atom stereocenters. The van der Waals surface area contributed by atoms with Gasteiger partial charge in [0.15, 0.2) is 5.16 Å². The summed E-state index contributed by atoms with van der Waals surface area (Å²) >= 11 is 1.63. The zero-order valence-electron chi connectivity index (χ0n) is 10.5. The molecule has 2 aromatic heterocycles. The molecule has 0 aromatic carbocycles. The van der Waals surface area contributed by atoms with Gasteiger partial charge in [-0.15, -0.1) is 10.2 Å². The van der Waals surface area contributed by atoms with Crippen LogP contribution in [0.25, 0.3) is 0 Å². The summed E-state index contributed by atoms with van der Waals surface area (Å²) in [6, 6.07) is 4.46. The van der Waals surface area contributed by atoms with Crippen LogP contribution in [0.15, 0.2) is 28.4 Å². The Balaban J connectivity index is 1.67. The van der Waals surface area contributed by atoms with Crippen molar-refractivity contribution in [3.8, 4) is 0 Å². The first-order chi connectivity index (χ1) is 9.31. The predicted molar refractivity (Wildman–Crippen MR) is 73.0 cm³/mol. The van der Waals surface area contributed by atoms with Gasteiger partial charge < -0.3 is 10.3 Å². The van der Waals surface area contributed by atoms with Crippen LogP contribution in [0.4, 0.5) is 5.82 Å². The average Bonchev–Trinajstić information content (AvgIpc) is 3.30. The van der Waals surface area contributed by atoms with Crippen LogP contribution in [-0.4, -0.2) is 19.7 Å². The Morgan fingerprint density at radius 1 is 1.21 bits per heavy atom. The van der Waals surface area contributed by atoms with Crippen molar-refractivity contribution in [2.45, 2.75) is 47.7 Å². The monoisotopic (exact) mass is 273 g/mol. The van der Waals surface area contributed by atoms with E-state index in [9.17, 15) is 0 Å². The molecule has 4 rings (SSSR count).